The summed E-state index contributed by atoms with van der Waals surface area (Å²) >= 11 is 5.09. The molecule has 0 aliphatic rings. The number of halogens is 1. The van der Waals surface area contributed by atoms with Gasteiger partial charge in [-0.15, -0.1) is 11.3 Å². The van der Waals surface area contributed by atoms with E-state index in [9.17, 15) is 4.79 Å². The fourth-order valence-electron chi connectivity index (χ4n) is 2.27. The van der Waals surface area contributed by atoms with Crippen LogP contribution < -0.4 is 16.0 Å². The zero-order chi connectivity index (χ0) is 19.1. The van der Waals surface area contributed by atoms with Gasteiger partial charge in [0.15, 0.2) is 5.96 Å². The number of nitrogens with one attached hydrogen (secondary N) is 3. The average molecular weight is 438 g/mol. The lowest BCUT2D eigenvalue weighted by Gasteiger charge is -2.12. The van der Waals surface area contributed by atoms with Crippen molar-refractivity contribution in [1.29, 1.82) is 0 Å². The Balaban J connectivity index is 1.75. The van der Waals surface area contributed by atoms with Crippen molar-refractivity contribution in [3.05, 3.63) is 43.8 Å². The lowest BCUT2D eigenvalue weighted by Crippen LogP contribution is -2.38. The molecule has 0 radical (unpaired) electrons. The second kappa shape index (κ2) is 9.68. The molecular weight excluding hydrogens is 414 g/mol. The standard InChI is InChI=1S/C18H24BrN5OS/c1-11-9-14(19)5-6-15(11)24-16(25)7-8-21-18(20-4)22-10-17-23-12(2)13(3)26-17/h5-6,9H,7-8,10H2,1-4H3,(H,24,25)(H2,20,21,22). The van der Waals surface area contributed by atoms with E-state index >= 15 is 0 Å². The number of aromatic nitrogens is 1. The van der Waals surface area contributed by atoms with Crippen molar-refractivity contribution in [2.45, 2.75) is 33.7 Å². The Morgan fingerprint density at radius 3 is 2.65 bits per heavy atom. The quantitative estimate of drug-likeness (QED) is 0.477. The summed E-state index contributed by atoms with van der Waals surface area (Å²) in [5.74, 6) is 0.618. The van der Waals surface area contributed by atoms with Gasteiger partial charge in [-0.05, 0) is 44.5 Å². The maximum Gasteiger partial charge on any atom is 0.226 e. The molecule has 1 amide bonds. The summed E-state index contributed by atoms with van der Waals surface area (Å²) in [6, 6.07) is 5.78. The largest absolute Gasteiger partial charge is 0.356 e. The summed E-state index contributed by atoms with van der Waals surface area (Å²) in [6.07, 6.45) is 0.353. The van der Waals surface area contributed by atoms with E-state index in [0.29, 0.717) is 25.5 Å². The van der Waals surface area contributed by atoms with Crippen LogP contribution in [0.25, 0.3) is 0 Å². The van der Waals surface area contributed by atoms with E-state index in [1.807, 2.05) is 32.0 Å². The number of carbonyl (C=O) groups excluding carboxylic acids is 1. The first-order valence-electron chi connectivity index (χ1n) is 8.32. The van der Waals surface area contributed by atoms with Crippen LogP contribution in [0.15, 0.2) is 27.7 Å². The van der Waals surface area contributed by atoms with Crippen molar-refractivity contribution < 1.29 is 4.79 Å². The van der Waals surface area contributed by atoms with Crippen molar-refractivity contribution in [2.24, 2.45) is 4.99 Å². The van der Waals surface area contributed by atoms with Gasteiger partial charge in [0.2, 0.25) is 5.91 Å². The molecule has 26 heavy (non-hydrogen) atoms. The minimum absolute atomic E-state index is 0.0375. The molecule has 3 N–H and O–H groups in total. The third-order valence-corrected chi connectivity index (χ3v) is 5.38. The molecule has 1 aromatic carbocycles. The molecule has 0 saturated carbocycles. The van der Waals surface area contributed by atoms with E-state index in [0.717, 1.165) is 26.4 Å². The van der Waals surface area contributed by atoms with E-state index in [1.165, 1.54) is 4.88 Å². The summed E-state index contributed by atoms with van der Waals surface area (Å²) in [5.41, 5.74) is 2.91. The second-order valence-corrected chi connectivity index (χ2v) is 8.06. The number of nitrogens with zero attached hydrogens (tertiary/aromatic N) is 2. The Kier molecular flexibility index (Phi) is 7.59. The van der Waals surface area contributed by atoms with Crippen molar-refractivity contribution >= 4 is 44.8 Å². The van der Waals surface area contributed by atoms with E-state index in [4.69, 9.17) is 0 Å². The van der Waals surface area contributed by atoms with Gasteiger partial charge in [0.05, 0.1) is 12.2 Å². The molecule has 2 rings (SSSR count). The number of hydrogen-bond donors (Lipinski definition) is 3. The maximum atomic E-state index is 12.1. The Bertz CT molecular complexity index is 783. The van der Waals surface area contributed by atoms with Crippen LogP contribution >= 0.6 is 27.3 Å². The van der Waals surface area contributed by atoms with Crippen molar-refractivity contribution in [3.63, 3.8) is 0 Å². The molecule has 0 bridgehead atoms. The number of anilines is 1. The molecule has 0 atom stereocenters. The van der Waals surface area contributed by atoms with Crippen LogP contribution in [0.4, 0.5) is 5.69 Å². The minimum Gasteiger partial charge on any atom is -0.356 e. The normalized spacial score (nSPS) is 11.3. The number of aryl methyl sites for hydroxylation is 3. The highest BCUT2D eigenvalue weighted by Crippen LogP contribution is 2.20. The number of rotatable bonds is 6. The van der Waals surface area contributed by atoms with Gasteiger partial charge in [-0.1, -0.05) is 15.9 Å². The molecule has 140 valence electrons. The SMILES string of the molecule is CN=C(NCCC(=O)Nc1ccc(Br)cc1C)NCc1nc(C)c(C)s1. The Morgan fingerprint density at radius 2 is 2.04 bits per heavy atom. The summed E-state index contributed by atoms with van der Waals surface area (Å²) in [6.45, 7) is 7.15. The van der Waals surface area contributed by atoms with Gasteiger partial charge in [-0.3, -0.25) is 9.79 Å². The van der Waals surface area contributed by atoms with Crippen LogP contribution in [0.2, 0.25) is 0 Å². The third kappa shape index (κ3) is 6.10. The van der Waals surface area contributed by atoms with Crippen LogP contribution in [0.5, 0.6) is 0 Å². The van der Waals surface area contributed by atoms with Crippen LogP contribution in [0.1, 0.15) is 27.6 Å². The van der Waals surface area contributed by atoms with Gasteiger partial charge < -0.3 is 16.0 Å². The van der Waals surface area contributed by atoms with Gasteiger partial charge in [-0.2, -0.15) is 0 Å². The first-order chi connectivity index (χ1) is 12.4. The van der Waals surface area contributed by atoms with Gasteiger partial charge in [-0.25, -0.2) is 4.98 Å². The van der Waals surface area contributed by atoms with E-state index < -0.39 is 0 Å². The van der Waals surface area contributed by atoms with Crippen molar-refractivity contribution in [2.75, 3.05) is 18.9 Å². The van der Waals surface area contributed by atoms with Crippen LogP contribution in [0.3, 0.4) is 0 Å². The number of amides is 1. The van der Waals surface area contributed by atoms with Crippen LogP contribution in [0, 0.1) is 20.8 Å². The number of thiazole rings is 1. The number of carbonyl (C=O) groups is 1. The fraction of sp³-hybridized carbons (Fsp3) is 0.389. The molecule has 0 aliphatic heterocycles. The zero-order valence-electron chi connectivity index (χ0n) is 15.4. The highest BCUT2D eigenvalue weighted by atomic mass is 79.9. The number of aliphatic imine (C=N–C) groups is 1. The van der Waals surface area contributed by atoms with E-state index in [-0.39, 0.29) is 5.91 Å². The molecule has 1 heterocycles. The van der Waals surface area contributed by atoms with E-state index in [1.54, 1.807) is 18.4 Å². The molecule has 2 aromatic rings. The van der Waals surface area contributed by atoms with Crippen molar-refractivity contribution in [3.8, 4) is 0 Å². The Morgan fingerprint density at radius 1 is 1.27 bits per heavy atom. The van der Waals surface area contributed by atoms with Crippen LogP contribution in [-0.2, 0) is 11.3 Å². The minimum atomic E-state index is -0.0375. The molecule has 0 unspecified atom stereocenters. The van der Waals surface area contributed by atoms with Crippen LogP contribution in [-0.4, -0.2) is 30.4 Å². The molecule has 0 fully saturated rings. The second-order valence-electron chi connectivity index (χ2n) is 5.86. The lowest BCUT2D eigenvalue weighted by molar-refractivity contribution is -0.116. The smallest absolute Gasteiger partial charge is 0.226 e. The first-order valence-corrected chi connectivity index (χ1v) is 9.93. The number of hydrogen-bond acceptors (Lipinski definition) is 4. The first kappa shape index (κ1) is 20.4. The molecule has 8 heteroatoms. The monoisotopic (exact) mass is 437 g/mol. The number of benzene rings is 1. The van der Waals surface area contributed by atoms with Gasteiger partial charge in [0.25, 0.3) is 0 Å². The van der Waals surface area contributed by atoms with E-state index in [2.05, 4.69) is 48.8 Å². The summed E-state index contributed by atoms with van der Waals surface area (Å²) < 4.78 is 0.996. The fourth-order valence-corrected chi connectivity index (χ4v) is 3.62. The lowest BCUT2D eigenvalue weighted by atomic mass is 10.2. The summed E-state index contributed by atoms with van der Waals surface area (Å²) in [7, 11) is 1.71. The molecule has 1 aromatic heterocycles. The summed E-state index contributed by atoms with van der Waals surface area (Å²) in [4.78, 5) is 22.0. The highest BCUT2D eigenvalue weighted by molar-refractivity contribution is 9.10. The maximum absolute atomic E-state index is 12.1. The predicted octanol–water partition coefficient (Wildman–Crippen LogP) is 3.52. The van der Waals surface area contributed by atoms with Crippen molar-refractivity contribution in [1.82, 2.24) is 15.6 Å². The summed E-state index contributed by atoms with van der Waals surface area (Å²) in [5, 5.41) is 10.3. The predicted molar refractivity (Wildman–Crippen MR) is 112 cm³/mol. The molecule has 0 spiro atoms. The number of guanidine groups is 1. The van der Waals surface area contributed by atoms with Gasteiger partial charge >= 0.3 is 0 Å². The molecule has 6 nitrogen and oxygen atoms in total. The Labute approximate surface area is 166 Å². The third-order valence-electron chi connectivity index (χ3n) is 3.81. The highest BCUT2D eigenvalue weighted by Gasteiger charge is 2.07. The Hall–Kier alpha value is -1.93. The van der Waals surface area contributed by atoms with Gasteiger partial charge in [0, 0.05) is 35.1 Å². The molecular formula is C18H24BrN5OS. The van der Waals surface area contributed by atoms with Gasteiger partial charge in [0.1, 0.15) is 5.01 Å². The molecule has 0 saturated heterocycles. The topological polar surface area (TPSA) is 78.4 Å². The average Bonchev–Trinajstić information content (AvgIpc) is 2.91. The zero-order valence-corrected chi connectivity index (χ0v) is 17.8. The molecule has 0 aliphatic carbocycles.